The maximum absolute atomic E-state index is 14.4. The van der Waals surface area contributed by atoms with Crippen LogP contribution in [0.25, 0.3) is 11.2 Å². The number of aryl methyl sites for hydroxylation is 2. The Balaban J connectivity index is 1.44. The van der Waals surface area contributed by atoms with E-state index in [4.69, 9.17) is 21.3 Å². The number of fused-ring (bicyclic) bond motifs is 2. The molecule has 224 valence electrons. The summed E-state index contributed by atoms with van der Waals surface area (Å²) in [5, 5.41) is 9.15. The van der Waals surface area contributed by atoms with Crippen molar-refractivity contribution in [2.75, 3.05) is 24.6 Å². The van der Waals surface area contributed by atoms with Crippen LogP contribution >= 0.6 is 11.6 Å². The van der Waals surface area contributed by atoms with Crippen molar-refractivity contribution in [3.05, 3.63) is 81.8 Å². The van der Waals surface area contributed by atoms with Crippen molar-refractivity contribution in [1.29, 1.82) is 0 Å². The first kappa shape index (κ1) is 28.9. The highest BCUT2D eigenvalue weighted by Gasteiger charge is 2.45. The van der Waals surface area contributed by atoms with Gasteiger partial charge in [0.25, 0.3) is 5.91 Å². The molecule has 11 heteroatoms. The lowest BCUT2D eigenvalue weighted by Crippen LogP contribution is -2.36. The fraction of sp³-hybridized carbons (Fsp3) is 0.406. The Labute approximate surface area is 255 Å². The molecule has 1 aromatic carbocycles. The van der Waals surface area contributed by atoms with Crippen molar-refractivity contribution < 1.29 is 14.3 Å². The van der Waals surface area contributed by atoms with Crippen molar-refractivity contribution in [2.45, 2.75) is 60.0 Å². The van der Waals surface area contributed by atoms with Gasteiger partial charge >= 0.3 is 6.09 Å². The van der Waals surface area contributed by atoms with E-state index >= 15 is 0 Å². The molecule has 0 bridgehead atoms. The van der Waals surface area contributed by atoms with Crippen LogP contribution in [0.1, 0.15) is 85.2 Å². The van der Waals surface area contributed by atoms with Crippen LogP contribution in [0.15, 0.2) is 42.6 Å². The van der Waals surface area contributed by atoms with Crippen LogP contribution in [-0.2, 0) is 4.74 Å². The minimum Gasteiger partial charge on any atom is -0.449 e. The van der Waals surface area contributed by atoms with Gasteiger partial charge in [0.05, 0.1) is 18.0 Å². The lowest BCUT2D eigenvalue weighted by atomic mass is 10.0. The standard InChI is InChI=1S/C32H36ClN7O3/c1-18(2)17-43-32(42)37-13-11-23(12-14-37)30-34-26-28(39(30)19(3)4)27(22-7-9-24(33)10-8-22)40(31(26)41)25-15-20(5)29-36-35-21(6)38(29)16-25/h7-11,15-16,18-19,27H,12-14,17H2,1-6H3. The van der Waals surface area contributed by atoms with E-state index in [0.29, 0.717) is 36.8 Å². The van der Waals surface area contributed by atoms with Crippen LogP contribution in [0.4, 0.5) is 10.5 Å². The van der Waals surface area contributed by atoms with E-state index in [0.717, 1.165) is 45.4 Å². The van der Waals surface area contributed by atoms with Crippen molar-refractivity contribution in [3.63, 3.8) is 0 Å². The number of pyridine rings is 1. The number of anilines is 1. The number of imidazole rings is 1. The molecular weight excluding hydrogens is 566 g/mol. The molecule has 2 aliphatic rings. The second-order valence-corrected chi connectivity index (χ2v) is 12.4. The first-order chi connectivity index (χ1) is 20.5. The number of aromatic nitrogens is 5. The maximum atomic E-state index is 14.4. The molecule has 0 spiro atoms. The summed E-state index contributed by atoms with van der Waals surface area (Å²) in [7, 11) is 0. The van der Waals surface area contributed by atoms with Gasteiger partial charge in [-0.1, -0.05) is 43.7 Å². The highest BCUT2D eigenvalue weighted by Crippen LogP contribution is 2.45. The number of benzene rings is 1. The van der Waals surface area contributed by atoms with Crippen molar-refractivity contribution in [3.8, 4) is 0 Å². The van der Waals surface area contributed by atoms with Gasteiger partial charge in [-0.15, -0.1) is 10.2 Å². The molecule has 0 saturated heterocycles. The maximum Gasteiger partial charge on any atom is 0.410 e. The van der Waals surface area contributed by atoms with Crippen LogP contribution in [0.2, 0.25) is 5.02 Å². The zero-order chi connectivity index (χ0) is 30.6. The summed E-state index contributed by atoms with van der Waals surface area (Å²) in [6, 6.07) is 9.21. The van der Waals surface area contributed by atoms with Gasteiger partial charge in [-0.05, 0) is 74.9 Å². The Morgan fingerprint density at radius 2 is 1.86 bits per heavy atom. The number of rotatable bonds is 6. The predicted octanol–water partition coefficient (Wildman–Crippen LogP) is 6.41. The second kappa shape index (κ2) is 11.1. The van der Waals surface area contributed by atoms with E-state index in [9.17, 15) is 9.59 Å². The number of carbonyl (C=O) groups is 2. The number of hydrogen-bond acceptors (Lipinski definition) is 6. The monoisotopic (exact) mass is 601 g/mol. The summed E-state index contributed by atoms with van der Waals surface area (Å²) in [6.45, 7) is 13.5. The molecule has 2 amide bonds. The number of ether oxygens (including phenoxy) is 1. The van der Waals surface area contributed by atoms with E-state index in [1.807, 2.05) is 79.6 Å². The van der Waals surface area contributed by atoms with Crippen LogP contribution in [0, 0.1) is 19.8 Å². The van der Waals surface area contributed by atoms with Crippen LogP contribution in [0.3, 0.4) is 0 Å². The largest absolute Gasteiger partial charge is 0.449 e. The Kier molecular flexibility index (Phi) is 7.50. The summed E-state index contributed by atoms with van der Waals surface area (Å²) in [4.78, 5) is 35.5. The fourth-order valence-electron chi connectivity index (χ4n) is 5.93. The quantitative estimate of drug-likeness (QED) is 0.253. The Morgan fingerprint density at radius 3 is 2.51 bits per heavy atom. The van der Waals surface area contributed by atoms with E-state index in [-0.39, 0.29) is 24.0 Å². The third kappa shape index (κ3) is 5.07. The Hall–Kier alpha value is -4.18. The molecule has 43 heavy (non-hydrogen) atoms. The third-order valence-corrected chi connectivity index (χ3v) is 8.26. The SMILES string of the molecule is Cc1cc(N2C(=O)c3nc(C4=CCN(C(=O)OCC(C)C)CC4)n(C(C)C)c3C2c2ccc(Cl)cc2)cn2c(C)nnc12. The molecule has 10 nitrogen and oxygen atoms in total. The Bertz CT molecular complexity index is 1750. The molecule has 2 aliphatic heterocycles. The number of halogens is 1. The zero-order valence-corrected chi connectivity index (χ0v) is 26.1. The lowest BCUT2D eigenvalue weighted by molar-refractivity contribution is 0.0953. The summed E-state index contributed by atoms with van der Waals surface area (Å²) < 4.78 is 9.54. The number of hydrogen-bond donors (Lipinski definition) is 0. The fourth-order valence-corrected chi connectivity index (χ4v) is 6.06. The van der Waals surface area contributed by atoms with Gasteiger partial charge in [-0.3, -0.25) is 14.1 Å². The van der Waals surface area contributed by atoms with Gasteiger partial charge in [0.1, 0.15) is 17.7 Å². The van der Waals surface area contributed by atoms with E-state index in [1.165, 1.54) is 0 Å². The van der Waals surface area contributed by atoms with E-state index < -0.39 is 6.04 Å². The highest BCUT2D eigenvalue weighted by molar-refractivity contribution is 6.30. The van der Waals surface area contributed by atoms with Gasteiger partial charge in [0, 0.05) is 30.4 Å². The minimum absolute atomic E-state index is 0.0213. The first-order valence-electron chi connectivity index (χ1n) is 14.7. The lowest BCUT2D eigenvalue weighted by Gasteiger charge is -2.30. The molecule has 0 N–H and O–H groups in total. The number of carbonyl (C=O) groups excluding carboxylic acids is 2. The average molecular weight is 602 g/mol. The highest BCUT2D eigenvalue weighted by atomic mass is 35.5. The van der Waals surface area contributed by atoms with E-state index in [2.05, 4.69) is 28.6 Å². The average Bonchev–Trinajstić information content (AvgIpc) is 3.64. The number of amides is 2. The molecule has 0 fully saturated rings. The second-order valence-electron chi connectivity index (χ2n) is 12.0. The summed E-state index contributed by atoms with van der Waals surface area (Å²) in [5.41, 5.74) is 5.63. The van der Waals surface area contributed by atoms with Crippen LogP contribution in [0.5, 0.6) is 0 Å². The van der Waals surface area contributed by atoms with Gasteiger partial charge in [-0.25, -0.2) is 9.78 Å². The molecule has 0 radical (unpaired) electrons. The molecule has 3 aromatic heterocycles. The van der Waals surface area contributed by atoms with E-state index in [1.54, 1.807) is 4.90 Å². The molecule has 4 aromatic rings. The normalized spacial score (nSPS) is 16.9. The topological polar surface area (TPSA) is 97.9 Å². The van der Waals surface area contributed by atoms with Crippen molar-refractivity contribution in [2.24, 2.45) is 5.92 Å². The van der Waals surface area contributed by atoms with Gasteiger partial charge in [0.2, 0.25) is 0 Å². The third-order valence-electron chi connectivity index (χ3n) is 8.01. The molecular formula is C32H36ClN7O3. The van der Waals surface area contributed by atoms with Gasteiger partial charge in [0.15, 0.2) is 11.3 Å². The molecule has 0 saturated carbocycles. The summed E-state index contributed by atoms with van der Waals surface area (Å²) in [5.74, 6) is 1.61. The minimum atomic E-state index is -0.427. The molecule has 5 heterocycles. The number of nitrogens with zero attached hydrogens (tertiary/aromatic N) is 7. The van der Waals surface area contributed by atoms with Crippen LogP contribution in [-0.4, -0.2) is 60.7 Å². The molecule has 6 rings (SSSR count). The molecule has 0 aliphatic carbocycles. The van der Waals surface area contributed by atoms with Gasteiger partial charge < -0.3 is 14.2 Å². The smallest absolute Gasteiger partial charge is 0.410 e. The summed E-state index contributed by atoms with van der Waals surface area (Å²) in [6.07, 6.45) is 4.26. The van der Waals surface area contributed by atoms with Crippen molar-refractivity contribution in [1.82, 2.24) is 29.0 Å². The predicted molar refractivity (Wildman–Crippen MR) is 166 cm³/mol. The molecule has 1 atom stereocenters. The van der Waals surface area contributed by atoms with Gasteiger partial charge in [-0.2, -0.15) is 0 Å². The van der Waals surface area contributed by atoms with Crippen molar-refractivity contribution >= 4 is 40.5 Å². The zero-order valence-electron chi connectivity index (χ0n) is 25.3. The molecule has 1 unspecified atom stereocenters. The van der Waals surface area contributed by atoms with Crippen LogP contribution < -0.4 is 4.90 Å². The Morgan fingerprint density at radius 1 is 1.12 bits per heavy atom. The summed E-state index contributed by atoms with van der Waals surface area (Å²) >= 11 is 6.29. The first-order valence-corrected chi connectivity index (χ1v) is 15.1.